The highest BCUT2D eigenvalue weighted by molar-refractivity contribution is 5.75. The summed E-state index contributed by atoms with van der Waals surface area (Å²) >= 11 is 0. The van der Waals surface area contributed by atoms with Crippen LogP contribution in [-0.2, 0) is 23.6 Å². The number of hydrogen-bond donors (Lipinski definition) is 1. The van der Waals surface area contributed by atoms with E-state index in [2.05, 4.69) is 5.32 Å². The van der Waals surface area contributed by atoms with Gasteiger partial charge in [0.2, 0.25) is 0 Å². The van der Waals surface area contributed by atoms with Crippen LogP contribution in [0.25, 0.3) is 0 Å². The molecule has 0 unspecified atom stereocenters. The van der Waals surface area contributed by atoms with Gasteiger partial charge in [0.25, 0.3) is 0 Å². The number of urea groups is 1. The molecule has 2 rings (SSSR count). The van der Waals surface area contributed by atoms with Crippen molar-refractivity contribution in [3.8, 4) is 0 Å². The van der Waals surface area contributed by atoms with Gasteiger partial charge in [-0.3, -0.25) is 0 Å². The SMILES string of the molecule is CC(C)(C)OC(=O)N1CCN(C(=O)NCc2ccc(C(F)(F)F)cc2C(F)(F)F)CC1. The van der Waals surface area contributed by atoms with Gasteiger partial charge in [-0.25, -0.2) is 9.59 Å². The minimum atomic E-state index is -5.01. The molecule has 0 aromatic heterocycles. The van der Waals surface area contributed by atoms with Crippen molar-refractivity contribution in [3.05, 3.63) is 34.9 Å². The summed E-state index contributed by atoms with van der Waals surface area (Å²) in [6.45, 7) is 5.15. The van der Waals surface area contributed by atoms with Gasteiger partial charge in [0.1, 0.15) is 5.60 Å². The molecule has 1 saturated heterocycles. The molecular formula is C19H23F6N3O3. The number of nitrogens with zero attached hydrogens (tertiary/aromatic N) is 2. The standard InChI is InChI=1S/C19H23F6N3O3/c1-17(2,3)31-16(30)28-8-6-27(7-9-28)15(29)26-11-12-4-5-13(18(20,21)22)10-14(12)19(23,24)25/h4-5,10H,6-9,11H2,1-3H3,(H,26,29). The van der Waals surface area contributed by atoms with E-state index in [1.165, 1.54) is 9.80 Å². The first-order chi connectivity index (χ1) is 14.1. The second kappa shape index (κ2) is 8.83. The number of rotatable bonds is 2. The molecule has 12 heteroatoms. The van der Waals surface area contributed by atoms with Crippen LogP contribution in [0.5, 0.6) is 0 Å². The quantitative estimate of drug-likeness (QED) is 0.669. The molecule has 31 heavy (non-hydrogen) atoms. The second-order valence-corrected chi connectivity index (χ2v) is 7.98. The first-order valence-electron chi connectivity index (χ1n) is 9.36. The van der Waals surface area contributed by atoms with Crippen LogP contribution >= 0.6 is 0 Å². The van der Waals surface area contributed by atoms with Gasteiger partial charge in [0.05, 0.1) is 11.1 Å². The van der Waals surface area contributed by atoms with E-state index >= 15 is 0 Å². The van der Waals surface area contributed by atoms with Gasteiger partial charge in [-0.15, -0.1) is 0 Å². The number of nitrogens with one attached hydrogen (secondary N) is 1. The number of alkyl halides is 6. The van der Waals surface area contributed by atoms with E-state index < -0.39 is 53.3 Å². The van der Waals surface area contributed by atoms with Crippen molar-refractivity contribution < 1.29 is 40.7 Å². The van der Waals surface area contributed by atoms with Gasteiger partial charge >= 0.3 is 24.5 Å². The molecule has 6 nitrogen and oxygen atoms in total. The number of piperazine rings is 1. The Hall–Kier alpha value is -2.66. The Balaban J connectivity index is 1.98. The van der Waals surface area contributed by atoms with Crippen molar-refractivity contribution in [1.82, 2.24) is 15.1 Å². The van der Waals surface area contributed by atoms with Crippen molar-refractivity contribution in [2.24, 2.45) is 0 Å². The molecule has 1 aromatic rings. The molecule has 1 fully saturated rings. The third-order valence-electron chi connectivity index (χ3n) is 4.39. The minimum absolute atomic E-state index is 0.0289. The molecule has 3 amide bonds. The molecule has 0 bridgehead atoms. The van der Waals surface area contributed by atoms with Gasteiger partial charge in [0.15, 0.2) is 0 Å². The predicted molar refractivity (Wildman–Crippen MR) is 98.1 cm³/mol. The topological polar surface area (TPSA) is 61.9 Å². The molecule has 174 valence electrons. The summed E-state index contributed by atoms with van der Waals surface area (Å²) in [6, 6.07) is 0.584. The molecule has 0 radical (unpaired) electrons. The van der Waals surface area contributed by atoms with Crippen molar-refractivity contribution in [2.75, 3.05) is 26.2 Å². The third kappa shape index (κ3) is 6.93. The highest BCUT2D eigenvalue weighted by atomic mass is 19.4. The summed E-state index contributed by atoms with van der Waals surface area (Å²) in [4.78, 5) is 27.0. The molecule has 0 aliphatic carbocycles. The molecule has 1 aromatic carbocycles. The van der Waals surface area contributed by atoms with E-state index in [9.17, 15) is 35.9 Å². The maximum absolute atomic E-state index is 13.2. The van der Waals surface area contributed by atoms with E-state index in [4.69, 9.17) is 4.74 Å². The fourth-order valence-corrected chi connectivity index (χ4v) is 2.87. The zero-order valence-corrected chi connectivity index (χ0v) is 17.2. The second-order valence-electron chi connectivity index (χ2n) is 7.98. The highest BCUT2D eigenvalue weighted by Gasteiger charge is 2.38. The Morgan fingerprint density at radius 1 is 0.935 bits per heavy atom. The number of amides is 3. The van der Waals surface area contributed by atoms with Gasteiger partial charge in [-0.05, 0) is 38.5 Å². The predicted octanol–water partition coefficient (Wildman–Crippen LogP) is 4.49. The molecule has 0 saturated carbocycles. The van der Waals surface area contributed by atoms with E-state index in [0.29, 0.717) is 12.1 Å². The van der Waals surface area contributed by atoms with Crippen LogP contribution in [0.2, 0.25) is 0 Å². The molecule has 1 aliphatic rings. The average molecular weight is 455 g/mol. The van der Waals surface area contributed by atoms with Gasteiger partial charge < -0.3 is 19.9 Å². The number of ether oxygens (including phenoxy) is 1. The Bertz CT molecular complexity index is 810. The maximum atomic E-state index is 13.2. The van der Waals surface area contributed by atoms with Crippen LogP contribution in [0, 0.1) is 0 Å². The molecule has 1 aliphatic heterocycles. The van der Waals surface area contributed by atoms with Crippen LogP contribution in [0.15, 0.2) is 18.2 Å². The van der Waals surface area contributed by atoms with Gasteiger partial charge in [-0.2, -0.15) is 26.3 Å². The van der Waals surface area contributed by atoms with Crippen molar-refractivity contribution >= 4 is 12.1 Å². The van der Waals surface area contributed by atoms with E-state index in [-0.39, 0.29) is 32.2 Å². The molecule has 1 N–H and O–H groups in total. The smallest absolute Gasteiger partial charge is 0.416 e. The fourth-order valence-electron chi connectivity index (χ4n) is 2.87. The van der Waals surface area contributed by atoms with E-state index in [1.807, 2.05) is 0 Å². The van der Waals surface area contributed by atoms with Crippen LogP contribution in [0.1, 0.15) is 37.5 Å². The zero-order chi connectivity index (χ0) is 23.6. The summed E-state index contributed by atoms with van der Waals surface area (Å²) in [6.07, 6.45) is -10.5. The van der Waals surface area contributed by atoms with Crippen molar-refractivity contribution in [2.45, 2.75) is 45.3 Å². The number of halogens is 6. The van der Waals surface area contributed by atoms with Crippen LogP contribution in [-0.4, -0.2) is 53.7 Å². The van der Waals surface area contributed by atoms with Gasteiger partial charge in [-0.1, -0.05) is 6.07 Å². The Morgan fingerprint density at radius 3 is 1.97 bits per heavy atom. The van der Waals surface area contributed by atoms with Crippen LogP contribution in [0.3, 0.4) is 0 Å². The summed E-state index contributed by atoms with van der Waals surface area (Å²) < 4.78 is 83.0. The Kier molecular flexibility index (Phi) is 7.01. The van der Waals surface area contributed by atoms with E-state index in [1.54, 1.807) is 20.8 Å². The number of carbonyl (C=O) groups is 2. The lowest BCUT2D eigenvalue weighted by Gasteiger charge is -2.35. The average Bonchev–Trinajstić information content (AvgIpc) is 2.63. The van der Waals surface area contributed by atoms with Crippen LogP contribution < -0.4 is 5.32 Å². The lowest BCUT2D eigenvalue weighted by molar-refractivity contribution is -0.143. The highest BCUT2D eigenvalue weighted by Crippen LogP contribution is 2.37. The lowest BCUT2D eigenvalue weighted by Crippen LogP contribution is -2.53. The Labute approximate surface area is 175 Å². The zero-order valence-electron chi connectivity index (χ0n) is 17.2. The number of benzene rings is 1. The molecule has 0 spiro atoms. The van der Waals surface area contributed by atoms with Crippen molar-refractivity contribution in [1.29, 1.82) is 0 Å². The third-order valence-corrected chi connectivity index (χ3v) is 4.39. The van der Waals surface area contributed by atoms with Gasteiger partial charge in [0, 0.05) is 32.7 Å². The normalized spacial score (nSPS) is 15.6. The number of carbonyl (C=O) groups excluding carboxylic acids is 2. The fraction of sp³-hybridized carbons (Fsp3) is 0.579. The number of hydrogen-bond acceptors (Lipinski definition) is 3. The monoisotopic (exact) mass is 455 g/mol. The summed E-state index contributed by atoms with van der Waals surface area (Å²) in [7, 11) is 0. The summed E-state index contributed by atoms with van der Waals surface area (Å²) in [5.41, 5.74) is -4.05. The lowest BCUT2D eigenvalue weighted by atomic mass is 10.0. The summed E-state index contributed by atoms with van der Waals surface area (Å²) in [5, 5.41) is 2.29. The minimum Gasteiger partial charge on any atom is -0.444 e. The Morgan fingerprint density at radius 2 is 1.48 bits per heavy atom. The molecule has 1 heterocycles. The first-order valence-corrected chi connectivity index (χ1v) is 9.36. The van der Waals surface area contributed by atoms with Crippen LogP contribution in [0.4, 0.5) is 35.9 Å². The largest absolute Gasteiger partial charge is 0.444 e. The summed E-state index contributed by atoms with van der Waals surface area (Å²) in [5.74, 6) is 0. The van der Waals surface area contributed by atoms with Crippen molar-refractivity contribution in [3.63, 3.8) is 0 Å². The first kappa shape index (κ1) is 24.6. The van der Waals surface area contributed by atoms with E-state index in [0.717, 1.165) is 0 Å². The maximum Gasteiger partial charge on any atom is 0.416 e. The molecular weight excluding hydrogens is 432 g/mol. The molecule has 0 atom stereocenters.